The molecule has 0 atom stereocenters. The molecule has 0 saturated heterocycles. The fourth-order valence-corrected chi connectivity index (χ4v) is 0. The second-order valence-corrected chi connectivity index (χ2v) is 2.07. The second kappa shape index (κ2) is 7.85. The van der Waals surface area contributed by atoms with Crippen molar-refractivity contribution in [2.24, 2.45) is 0 Å². The van der Waals surface area contributed by atoms with E-state index in [0.29, 0.717) is 0 Å². The molecule has 0 aromatic rings. The predicted molar refractivity (Wildman–Crippen MR) is 27.1 cm³/mol. The van der Waals surface area contributed by atoms with Crippen LogP contribution in [0.3, 0.4) is 0 Å². The van der Waals surface area contributed by atoms with E-state index >= 15 is 0 Å². The molecule has 0 spiro atoms. The van der Waals surface area contributed by atoms with Crippen molar-refractivity contribution in [1.29, 1.82) is 0 Å². The summed E-state index contributed by atoms with van der Waals surface area (Å²) in [5, 5.41) is 0. The molecule has 0 radical (unpaired) electrons. The van der Waals surface area contributed by atoms with Crippen LogP contribution in [0.5, 0.6) is 0 Å². The molecule has 0 aliphatic carbocycles. The zero-order valence-corrected chi connectivity index (χ0v) is 8.58. The van der Waals surface area contributed by atoms with Crippen molar-refractivity contribution in [3.8, 4) is 0 Å². The van der Waals surface area contributed by atoms with E-state index in [1.54, 1.807) is 0 Å². The van der Waals surface area contributed by atoms with Gasteiger partial charge < -0.3 is 18.7 Å². The van der Waals surface area contributed by atoms with Gasteiger partial charge in [0.2, 0.25) is 0 Å². The van der Waals surface area contributed by atoms with Gasteiger partial charge in [0.05, 0.1) is 0 Å². The molecule has 2 N–H and O–H groups in total. The van der Waals surface area contributed by atoms with E-state index in [2.05, 4.69) is 0 Å². The van der Waals surface area contributed by atoms with Crippen LogP contribution in [0.2, 0.25) is 0 Å². The van der Waals surface area contributed by atoms with Crippen LogP contribution >= 0.6 is 0 Å². The first-order valence-corrected chi connectivity index (χ1v) is 3.95. The van der Waals surface area contributed by atoms with Crippen LogP contribution in [0, 0.1) is 0 Å². The van der Waals surface area contributed by atoms with Gasteiger partial charge in [-0.05, 0) is 0 Å². The molecule has 0 fully saturated rings. The third kappa shape index (κ3) is 942. The Kier molecular flexibility index (Phi) is 13.4. The Morgan fingerprint density at radius 2 is 1.20 bits per heavy atom. The van der Waals surface area contributed by atoms with Crippen molar-refractivity contribution in [2.75, 3.05) is 0 Å². The average molecular weight is 214 g/mol. The van der Waals surface area contributed by atoms with Crippen LogP contribution in [-0.4, -0.2) is 74.0 Å². The summed E-state index contributed by atoms with van der Waals surface area (Å²) in [6, 6.07) is 0. The van der Waals surface area contributed by atoms with Gasteiger partial charge in [-0.3, -0.25) is 12.9 Å². The molecule has 10 heteroatoms. The zero-order chi connectivity index (χ0) is 8.08. The van der Waals surface area contributed by atoms with Crippen LogP contribution in [0.1, 0.15) is 0 Å². The molecule has 0 aliphatic rings. The second-order valence-electron chi connectivity index (χ2n) is 0.691. The summed E-state index contributed by atoms with van der Waals surface area (Å²) >= 11 is 0. The van der Waals surface area contributed by atoms with Gasteiger partial charge in [-0.15, -0.1) is 0 Å². The van der Waals surface area contributed by atoms with Crippen molar-refractivity contribution < 1.29 is 31.6 Å². The molecule has 0 rings (SSSR count). The molecule has 0 aliphatic heterocycles. The molecular formula is H2CaO7SSi. The van der Waals surface area contributed by atoms with Crippen LogP contribution in [0.25, 0.3) is 0 Å². The van der Waals surface area contributed by atoms with Gasteiger partial charge in [-0.2, -0.15) is 0 Å². The first kappa shape index (κ1) is 17.0. The standard InChI is InChI=1S/Ca.H2O4S.H2O3Si/c;1-5(2,3)4;1-4(2)3/h;(H2,1,2,3,4);1-2H/q+2;;/p-2. The van der Waals surface area contributed by atoms with Crippen LogP contribution < -0.4 is 0 Å². The quantitative estimate of drug-likeness (QED) is 0.244. The molecule has 10 heavy (non-hydrogen) atoms. The monoisotopic (exact) mass is 214 g/mol. The molecule has 0 saturated carbocycles. The third-order valence-corrected chi connectivity index (χ3v) is 0. The van der Waals surface area contributed by atoms with Gasteiger partial charge in [0.1, 0.15) is 0 Å². The maximum Gasteiger partial charge on any atom is 2.00 e. The number of hydrogen-bond acceptors (Lipinski definition) is 5. The first-order valence-electron chi connectivity index (χ1n) is 1.32. The summed E-state index contributed by atoms with van der Waals surface area (Å²) in [6.07, 6.45) is 0. The summed E-state index contributed by atoms with van der Waals surface area (Å²) in [6.45, 7) is 0. The topological polar surface area (TPSA) is 138 Å². The van der Waals surface area contributed by atoms with Crippen LogP contribution in [0.4, 0.5) is 0 Å². The van der Waals surface area contributed by atoms with E-state index in [0.717, 1.165) is 0 Å². The molecular weight excluding hydrogens is 212 g/mol. The van der Waals surface area contributed by atoms with E-state index in [1.807, 2.05) is 0 Å². The van der Waals surface area contributed by atoms with E-state index in [4.69, 9.17) is 31.6 Å². The number of hydrogen-bond donors (Lipinski definition) is 2. The van der Waals surface area contributed by atoms with Gasteiger partial charge in [-0.25, -0.2) is 0 Å². The minimum Gasteiger partial charge on any atom is -0.759 e. The summed E-state index contributed by atoms with van der Waals surface area (Å²) in [5.41, 5.74) is 0. The summed E-state index contributed by atoms with van der Waals surface area (Å²) < 4.78 is 42.8. The van der Waals surface area contributed by atoms with Gasteiger partial charge >= 0.3 is 46.9 Å². The van der Waals surface area contributed by atoms with Gasteiger partial charge in [0.25, 0.3) is 0 Å². The molecule has 0 aromatic heterocycles. The average Bonchev–Trinajstić information content (AvgIpc) is 1.19. The van der Waals surface area contributed by atoms with Crippen molar-refractivity contribution in [3.05, 3.63) is 0 Å². The molecule has 0 heterocycles. The Labute approximate surface area is 88.2 Å². The fraction of sp³-hybridized carbons (Fsp3) is 0. The van der Waals surface area contributed by atoms with Gasteiger partial charge in [0.15, 0.2) is 0 Å². The zero-order valence-electron chi connectivity index (χ0n) is 4.55. The van der Waals surface area contributed by atoms with Gasteiger partial charge in [0, 0.05) is 10.4 Å². The Bertz CT molecular complexity index is 156. The van der Waals surface area contributed by atoms with E-state index in [9.17, 15) is 0 Å². The molecule has 0 amide bonds. The van der Waals surface area contributed by atoms with E-state index in [1.165, 1.54) is 0 Å². The SMILES string of the molecule is O=S(=O)([O-])[O-].O=[Si](O)O.[Ca+2]. The maximum absolute atomic E-state index is 8.74. The smallest absolute Gasteiger partial charge is 0.759 e. The van der Waals surface area contributed by atoms with Crippen molar-refractivity contribution in [1.82, 2.24) is 0 Å². The largest absolute Gasteiger partial charge is 2.00 e. The van der Waals surface area contributed by atoms with Crippen molar-refractivity contribution >= 4 is 57.3 Å². The van der Waals surface area contributed by atoms with Crippen LogP contribution in [0.15, 0.2) is 0 Å². The summed E-state index contributed by atoms with van der Waals surface area (Å²) in [7, 11) is -8.30. The fourth-order valence-electron chi connectivity index (χ4n) is 0. The normalized spacial score (nSPS) is 8.20. The van der Waals surface area contributed by atoms with E-state index < -0.39 is 19.6 Å². The van der Waals surface area contributed by atoms with Crippen molar-refractivity contribution in [3.63, 3.8) is 0 Å². The summed E-state index contributed by atoms with van der Waals surface area (Å²) in [4.78, 5) is 14.3. The minimum absolute atomic E-state index is 0. The molecule has 0 bridgehead atoms. The Balaban J connectivity index is -0.0000000910. The van der Waals surface area contributed by atoms with Crippen LogP contribution in [-0.2, 0) is 14.9 Å². The molecule has 0 unspecified atom stereocenters. The number of rotatable bonds is 0. The third-order valence-electron chi connectivity index (χ3n) is 0. The van der Waals surface area contributed by atoms with Crippen molar-refractivity contribution in [2.45, 2.75) is 0 Å². The van der Waals surface area contributed by atoms with E-state index in [-0.39, 0.29) is 37.7 Å². The maximum atomic E-state index is 8.74. The molecule has 7 nitrogen and oxygen atoms in total. The Hall–Kier alpha value is 0.747. The molecule has 56 valence electrons. The van der Waals surface area contributed by atoms with Gasteiger partial charge in [-0.1, -0.05) is 0 Å². The molecule has 0 aromatic carbocycles. The predicted octanol–water partition coefficient (Wildman–Crippen LogP) is -3.33. The minimum atomic E-state index is -5.17. The first-order chi connectivity index (χ1) is 3.73. The Morgan fingerprint density at radius 1 is 1.20 bits per heavy atom. The summed E-state index contributed by atoms with van der Waals surface area (Å²) in [5.74, 6) is 0. The Morgan fingerprint density at radius 3 is 1.20 bits per heavy atom.